The van der Waals surface area contributed by atoms with E-state index in [-0.39, 0.29) is 24.4 Å². The van der Waals surface area contributed by atoms with Crippen LogP contribution in [-0.2, 0) is 12.8 Å². The number of pyridine rings is 1. The number of halogens is 3. The van der Waals surface area contributed by atoms with Crippen molar-refractivity contribution in [1.29, 1.82) is 0 Å². The number of nitrogens with zero attached hydrogens (tertiary/aromatic N) is 2. The topological polar surface area (TPSA) is 57.6 Å². The summed E-state index contributed by atoms with van der Waals surface area (Å²) in [4.78, 5) is 6.60. The second-order valence-corrected chi connectivity index (χ2v) is 7.02. The molecule has 0 saturated carbocycles. The van der Waals surface area contributed by atoms with Gasteiger partial charge >= 0.3 is 6.36 Å². The zero-order valence-electron chi connectivity index (χ0n) is 16.5. The van der Waals surface area contributed by atoms with Crippen LogP contribution in [0.25, 0.3) is 10.9 Å². The Hall–Kier alpha value is -3.00. The van der Waals surface area contributed by atoms with Crippen LogP contribution in [0, 0.1) is 0 Å². The maximum atomic E-state index is 13.0. The van der Waals surface area contributed by atoms with E-state index in [4.69, 9.17) is 0 Å². The van der Waals surface area contributed by atoms with Gasteiger partial charge in [-0.05, 0) is 30.5 Å². The quantitative estimate of drug-likeness (QED) is 0.604. The first kappa shape index (κ1) is 20.3. The number of nitrogens with one attached hydrogen (secondary N) is 1. The van der Waals surface area contributed by atoms with Crippen LogP contribution in [0.2, 0.25) is 0 Å². The van der Waals surface area contributed by atoms with Crippen molar-refractivity contribution in [2.24, 2.45) is 0 Å². The van der Waals surface area contributed by atoms with Gasteiger partial charge in [0.25, 0.3) is 0 Å². The number of aliphatic hydroxyl groups excluding tert-OH is 1. The molecule has 3 aromatic rings. The number of alkyl halides is 3. The van der Waals surface area contributed by atoms with Crippen LogP contribution in [0.5, 0.6) is 5.75 Å². The zero-order chi connectivity index (χ0) is 21.3. The van der Waals surface area contributed by atoms with Gasteiger partial charge in [0.2, 0.25) is 0 Å². The van der Waals surface area contributed by atoms with Crippen molar-refractivity contribution in [3.63, 3.8) is 0 Å². The highest BCUT2D eigenvalue weighted by Crippen LogP contribution is 2.45. The molecule has 4 rings (SSSR count). The number of fused-ring (bicyclic) bond motifs is 3. The van der Waals surface area contributed by atoms with Crippen LogP contribution in [0.3, 0.4) is 0 Å². The fraction of sp³-hybridized carbons (Fsp3) is 0.318. The fourth-order valence-corrected chi connectivity index (χ4v) is 4.00. The molecule has 1 aromatic heterocycles. The van der Waals surface area contributed by atoms with Gasteiger partial charge in [0.1, 0.15) is 11.3 Å². The Labute approximate surface area is 172 Å². The highest BCUT2D eigenvalue weighted by molar-refractivity contribution is 6.02. The van der Waals surface area contributed by atoms with E-state index in [2.05, 4.69) is 32.9 Å². The van der Waals surface area contributed by atoms with Crippen molar-refractivity contribution in [3.05, 3.63) is 53.6 Å². The molecule has 2 aromatic carbocycles. The minimum absolute atomic E-state index is 0.114. The van der Waals surface area contributed by atoms with Crippen molar-refractivity contribution >= 4 is 28.1 Å². The van der Waals surface area contributed by atoms with E-state index in [0.29, 0.717) is 24.2 Å². The van der Waals surface area contributed by atoms with Gasteiger partial charge in [-0.3, -0.25) is 0 Å². The lowest BCUT2D eigenvalue weighted by molar-refractivity contribution is -0.274. The lowest BCUT2D eigenvalue weighted by Crippen LogP contribution is -2.18. The molecule has 2 N–H and O–H groups in total. The van der Waals surface area contributed by atoms with Crippen LogP contribution in [0.15, 0.2) is 42.5 Å². The smallest absolute Gasteiger partial charge is 0.403 e. The third-order valence-electron chi connectivity index (χ3n) is 5.20. The summed E-state index contributed by atoms with van der Waals surface area (Å²) in [5, 5.41) is 12.9. The normalized spacial score (nSPS) is 13.6. The molecule has 0 fully saturated rings. The second-order valence-electron chi connectivity index (χ2n) is 7.02. The molecule has 2 heterocycles. The summed E-state index contributed by atoms with van der Waals surface area (Å²) in [7, 11) is 0. The van der Waals surface area contributed by atoms with Crippen molar-refractivity contribution in [2.75, 3.05) is 29.9 Å². The van der Waals surface area contributed by atoms with E-state index in [1.807, 2.05) is 18.2 Å². The summed E-state index contributed by atoms with van der Waals surface area (Å²) < 4.78 is 43.2. The monoisotopic (exact) mass is 417 g/mol. The van der Waals surface area contributed by atoms with E-state index in [9.17, 15) is 18.3 Å². The summed E-state index contributed by atoms with van der Waals surface area (Å²) in [6, 6.07) is 12.6. The minimum atomic E-state index is -4.82. The van der Waals surface area contributed by atoms with Gasteiger partial charge < -0.3 is 20.1 Å². The van der Waals surface area contributed by atoms with Gasteiger partial charge in [0, 0.05) is 29.7 Å². The van der Waals surface area contributed by atoms with E-state index >= 15 is 0 Å². The number of anilines is 3. The Kier molecular flexibility index (Phi) is 5.42. The van der Waals surface area contributed by atoms with Crippen molar-refractivity contribution in [1.82, 2.24) is 4.98 Å². The van der Waals surface area contributed by atoms with Crippen LogP contribution in [-0.4, -0.2) is 36.1 Å². The molecule has 1 aliphatic rings. The molecule has 0 saturated heterocycles. The van der Waals surface area contributed by atoms with E-state index in [1.165, 1.54) is 6.07 Å². The van der Waals surface area contributed by atoms with E-state index < -0.39 is 6.36 Å². The molecular weight excluding hydrogens is 395 g/mol. The maximum Gasteiger partial charge on any atom is 0.573 e. The highest BCUT2D eigenvalue weighted by Gasteiger charge is 2.34. The summed E-state index contributed by atoms with van der Waals surface area (Å²) in [6.07, 6.45) is -3.29. The van der Waals surface area contributed by atoms with Gasteiger partial charge in [0.15, 0.2) is 5.75 Å². The highest BCUT2D eigenvalue weighted by atomic mass is 19.4. The second kappa shape index (κ2) is 8.02. The first-order valence-corrected chi connectivity index (χ1v) is 9.84. The van der Waals surface area contributed by atoms with Gasteiger partial charge in [-0.25, -0.2) is 4.98 Å². The standard InChI is InChI=1S/C22H22F3N3O2/c1-2-14-6-3-4-8-17(14)28-12-10-16-20(28)15-7-5-9-18(30-22(23,24)25)19(15)27-21(16)26-11-13-29/h3-9,29H,2,10-13H2,1H3,(H,26,27). The molecule has 8 heteroatoms. The van der Waals surface area contributed by atoms with Gasteiger partial charge in [0.05, 0.1) is 12.3 Å². The molecule has 5 nitrogen and oxygen atoms in total. The Morgan fingerprint density at radius 1 is 1.17 bits per heavy atom. The number of rotatable bonds is 6. The predicted molar refractivity (Wildman–Crippen MR) is 111 cm³/mol. The lowest BCUT2D eigenvalue weighted by Gasteiger charge is -2.25. The largest absolute Gasteiger partial charge is 0.573 e. The Morgan fingerprint density at radius 3 is 2.70 bits per heavy atom. The number of aliphatic hydroxyl groups is 1. The minimum Gasteiger partial charge on any atom is -0.403 e. The van der Waals surface area contributed by atoms with Crippen LogP contribution in [0.1, 0.15) is 18.1 Å². The van der Waals surface area contributed by atoms with E-state index in [0.717, 1.165) is 28.9 Å². The lowest BCUT2D eigenvalue weighted by atomic mass is 10.1. The summed E-state index contributed by atoms with van der Waals surface area (Å²) >= 11 is 0. The third kappa shape index (κ3) is 3.75. The Bertz CT molecular complexity index is 1070. The van der Waals surface area contributed by atoms with Crippen LogP contribution >= 0.6 is 0 Å². The summed E-state index contributed by atoms with van der Waals surface area (Å²) in [5.41, 5.74) is 4.07. The van der Waals surface area contributed by atoms with Crippen LogP contribution in [0.4, 0.5) is 30.4 Å². The maximum absolute atomic E-state index is 13.0. The zero-order valence-corrected chi connectivity index (χ0v) is 16.5. The molecule has 0 atom stereocenters. The first-order chi connectivity index (χ1) is 14.4. The number of aromatic nitrogens is 1. The van der Waals surface area contributed by atoms with Crippen molar-refractivity contribution < 1.29 is 23.0 Å². The molecule has 158 valence electrons. The molecule has 0 amide bonds. The fourth-order valence-electron chi connectivity index (χ4n) is 4.00. The molecule has 0 aliphatic carbocycles. The average Bonchev–Trinajstić information content (AvgIpc) is 3.17. The molecule has 0 radical (unpaired) electrons. The summed E-state index contributed by atoms with van der Waals surface area (Å²) in [6.45, 7) is 2.89. The molecule has 1 aliphatic heterocycles. The number of hydrogen-bond acceptors (Lipinski definition) is 5. The number of benzene rings is 2. The van der Waals surface area contributed by atoms with Gasteiger partial charge in [-0.1, -0.05) is 37.3 Å². The molecular formula is C22H22F3N3O2. The van der Waals surface area contributed by atoms with Crippen molar-refractivity contribution in [2.45, 2.75) is 26.1 Å². The first-order valence-electron chi connectivity index (χ1n) is 9.84. The molecule has 0 spiro atoms. The van der Waals surface area contributed by atoms with Gasteiger partial charge in [-0.15, -0.1) is 13.2 Å². The number of hydrogen-bond donors (Lipinski definition) is 2. The molecule has 0 bridgehead atoms. The third-order valence-corrected chi connectivity index (χ3v) is 5.20. The SMILES string of the molecule is CCc1ccccc1N1CCc2c(NCCO)nc3c(OC(F)(F)F)cccc3c21. The average molecular weight is 417 g/mol. The Morgan fingerprint density at radius 2 is 1.97 bits per heavy atom. The predicted octanol–water partition coefficient (Wildman–Crippen LogP) is 4.79. The van der Waals surface area contributed by atoms with Crippen LogP contribution < -0.4 is 15.0 Å². The summed E-state index contributed by atoms with van der Waals surface area (Å²) in [5.74, 6) is 0.131. The van der Waals surface area contributed by atoms with Gasteiger partial charge in [-0.2, -0.15) is 0 Å². The molecule has 0 unspecified atom stereocenters. The Balaban J connectivity index is 1.95. The number of para-hydroxylation sites is 2. The number of ether oxygens (including phenoxy) is 1. The van der Waals surface area contributed by atoms with E-state index in [1.54, 1.807) is 12.1 Å². The molecule has 30 heavy (non-hydrogen) atoms. The number of aryl methyl sites for hydroxylation is 1. The van der Waals surface area contributed by atoms with Crippen molar-refractivity contribution in [3.8, 4) is 5.75 Å².